The first-order chi connectivity index (χ1) is 18.0. The van der Waals surface area contributed by atoms with Gasteiger partial charge in [-0.15, -0.1) is 0 Å². The topological polar surface area (TPSA) is 231 Å². The lowest BCUT2D eigenvalue weighted by molar-refractivity contribution is 0.0676. The summed E-state index contributed by atoms with van der Waals surface area (Å²) in [5.41, 5.74) is -1.05. The van der Waals surface area contributed by atoms with Crippen LogP contribution in [0.25, 0.3) is 0 Å². The van der Waals surface area contributed by atoms with Gasteiger partial charge >= 0.3 is 35.9 Å². The van der Waals surface area contributed by atoms with Crippen molar-refractivity contribution in [3.63, 3.8) is 0 Å². The molecule has 14 heteroatoms. The first-order valence-electron chi connectivity index (χ1n) is 11.3. The zero-order chi connectivity index (χ0) is 28.2. The Balaban J connectivity index is 1.66. The Morgan fingerprint density at radius 1 is 0.474 bits per heavy atom. The molecule has 0 atom stereocenters. The van der Waals surface area contributed by atoms with Crippen LogP contribution in [-0.4, -0.2) is 69.5 Å². The predicted molar refractivity (Wildman–Crippen MR) is 133 cm³/mol. The van der Waals surface area contributed by atoms with E-state index in [0.717, 1.165) is 36.4 Å². The molecule has 2 aromatic carbocycles. The van der Waals surface area contributed by atoms with Gasteiger partial charge in [0.25, 0.3) is 0 Å². The van der Waals surface area contributed by atoms with Gasteiger partial charge in [0.1, 0.15) is 0 Å². The normalized spacial score (nSPS) is 10.2. The summed E-state index contributed by atoms with van der Waals surface area (Å²) in [6.07, 6.45) is 2.64. The van der Waals surface area contributed by atoms with Gasteiger partial charge in [-0.05, 0) is 49.2 Å². The summed E-state index contributed by atoms with van der Waals surface area (Å²) in [4.78, 5) is 68.6. The van der Waals surface area contributed by atoms with E-state index in [2.05, 4.69) is 21.3 Å². The molecule has 0 bridgehead atoms. The maximum Gasteiger partial charge on any atom is 0.335 e. The number of nitrogens with one attached hydrogen (secondary N) is 4. The Bertz CT molecular complexity index is 1080. The third-order valence-electron chi connectivity index (χ3n) is 5.04. The number of carbonyl (C=O) groups is 6. The van der Waals surface area contributed by atoms with Crippen LogP contribution in [0.2, 0.25) is 0 Å². The molecule has 0 saturated carbocycles. The van der Waals surface area contributed by atoms with E-state index in [1.165, 1.54) is 0 Å². The third-order valence-corrected chi connectivity index (χ3v) is 5.04. The molecule has 0 radical (unpaired) electrons. The van der Waals surface area contributed by atoms with Crippen molar-refractivity contribution in [1.82, 2.24) is 10.6 Å². The minimum absolute atomic E-state index is 0.0259. The fourth-order valence-corrected chi connectivity index (χ4v) is 3.25. The molecule has 0 heterocycles. The summed E-state index contributed by atoms with van der Waals surface area (Å²) in [6, 6.07) is 5.30. The summed E-state index contributed by atoms with van der Waals surface area (Å²) in [5.74, 6) is -5.32. The Kier molecular flexibility index (Phi) is 10.6. The second kappa shape index (κ2) is 13.8. The molecule has 4 amide bonds. The molecule has 0 aliphatic rings. The first-order valence-corrected chi connectivity index (χ1v) is 11.3. The molecule has 0 fully saturated rings. The number of aromatic carboxylic acids is 4. The van der Waals surface area contributed by atoms with Gasteiger partial charge in [0.15, 0.2) is 0 Å². The van der Waals surface area contributed by atoms with Gasteiger partial charge in [-0.2, -0.15) is 0 Å². The highest BCUT2D eigenvalue weighted by Crippen LogP contribution is 2.17. The third kappa shape index (κ3) is 9.49. The predicted octanol–water partition coefficient (Wildman–Crippen LogP) is 2.98. The Morgan fingerprint density at radius 3 is 1.03 bits per heavy atom. The fraction of sp³-hybridized carbons (Fsp3) is 0.250. The van der Waals surface area contributed by atoms with Gasteiger partial charge in [0, 0.05) is 24.5 Å². The molecule has 0 aliphatic heterocycles. The highest BCUT2D eigenvalue weighted by Gasteiger charge is 2.14. The van der Waals surface area contributed by atoms with Crippen molar-refractivity contribution in [2.75, 3.05) is 23.7 Å². The van der Waals surface area contributed by atoms with Crippen molar-refractivity contribution in [3.05, 3.63) is 58.7 Å². The van der Waals surface area contributed by atoms with Gasteiger partial charge < -0.3 is 41.7 Å². The molecular weight excluding hydrogens is 504 g/mol. The van der Waals surface area contributed by atoms with Crippen LogP contribution in [0.15, 0.2) is 36.4 Å². The number of hydrogen-bond acceptors (Lipinski definition) is 6. The van der Waals surface area contributed by atoms with Gasteiger partial charge in [-0.3, -0.25) is 0 Å². The second-order valence-electron chi connectivity index (χ2n) is 7.99. The lowest BCUT2D eigenvalue weighted by atomic mass is 10.1. The quantitative estimate of drug-likeness (QED) is 0.176. The van der Waals surface area contributed by atoms with Crippen LogP contribution in [0.4, 0.5) is 21.0 Å². The molecule has 2 aromatic rings. The van der Waals surface area contributed by atoms with E-state index < -0.39 is 35.9 Å². The molecular formula is C24H26N4O10. The largest absolute Gasteiger partial charge is 0.478 e. The molecule has 0 aromatic heterocycles. The van der Waals surface area contributed by atoms with E-state index in [0.29, 0.717) is 38.8 Å². The van der Waals surface area contributed by atoms with E-state index in [1.54, 1.807) is 0 Å². The number of carbonyl (C=O) groups excluding carboxylic acids is 2. The van der Waals surface area contributed by atoms with E-state index in [-0.39, 0.29) is 33.6 Å². The zero-order valence-electron chi connectivity index (χ0n) is 19.9. The molecule has 0 spiro atoms. The minimum Gasteiger partial charge on any atom is -0.478 e. The summed E-state index contributed by atoms with van der Waals surface area (Å²) in [6.45, 7) is 0.603. The van der Waals surface area contributed by atoms with E-state index >= 15 is 0 Å². The Morgan fingerprint density at radius 2 is 0.763 bits per heavy atom. The first kappa shape index (κ1) is 29.1. The maximum absolute atomic E-state index is 12.0. The zero-order valence-corrected chi connectivity index (χ0v) is 19.9. The van der Waals surface area contributed by atoms with Gasteiger partial charge in [0.2, 0.25) is 0 Å². The van der Waals surface area contributed by atoms with Crippen LogP contribution in [-0.2, 0) is 0 Å². The lowest BCUT2D eigenvalue weighted by Gasteiger charge is -2.10. The van der Waals surface area contributed by atoms with Crippen molar-refractivity contribution in [2.45, 2.75) is 25.7 Å². The summed E-state index contributed by atoms with van der Waals surface area (Å²) < 4.78 is 0. The SMILES string of the molecule is O=C(NCCCCCCNC(=O)Nc1cc(C(=O)O)cc(C(=O)O)c1)Nc1cc(C(=O)O)cc(C(=O)O)c1. The number of benzene rings is 2. The number of unbranched alkanes of at least 4 members (excludes halogenated alkanes) is 3. The number of amides is 4. The molecule has 2 rings (SSSR count). The summed E-state index contributed by atoms with van der Waals surface area (Å²) in [5, 5.41) is 46.3. The minimum atomic E-state index is -1.33. The molecule has 38 heavy (non-hydrogen) atoms. The number of rotatable bonds is 13. The van der Waals surface area contributed by atoms with E-state index in [1.807, 2.05) is 0 Å². The monoisotopic (exact) mass is 530 g/mol. The van der Waals surface area contributed by atoms with Gasteiger partial charge in [-0.25, -0.2) is 28.8 Å². The molecule has 8 N–H and O–H groups in total. The second-order valence-corrected chi connectivity index (χ2v) is 7.99. The van der Waals surface area contributed by atoms with Gasteiger partial charge in [0.05, 0.1) is 22.3 Å². The van der Waals surface area contributed by atoms with Crippen molar-refractivity contribution < 1.29 is 49.2 Å². The summed E-state index contributed by atoms with van der Waals surface area (Å²) in [7, 11) is 0. The highest BCUT2D eigenvalue weighted by atomic mass is 16.4. The number of anilines is 2. The van der Waals surface area contributed by atoms with Crippen molar-refractivity contribution >= 4 is 47.3 Å². The Labute approximate surface area is 215 Å². The Hall–Kier alpha value is -5.14. The van der Waals surface area contributed by atoms with Crippen LogP contribution in [0.5, 0.6) is 0 Å². The van der Waals surface area contributed by atoms with Crippen LogP contribution in [0, 0.1) is 0 Å². The molecule has 0 unspecified atom stereocenters. The molecule has 14 nitrogen and oxygen atoms in total. The number of urea groups is 2. The molecule has 0 saturated heterocycles. The average molecular weight is 530 g/mol. The fourth-order valence-electron chi connectivity index (χ4n) is 3.25. The van der Waals surface area contributed by atoms with Crippen LogP contribution >= 0.6 is 0 Å². The van der Waals surface area contributed by atoms with Gasteiger partial charge in [-0.1, -0.05) is 12.8 Å². The van der Waals surface area contributed by atoms with E-state index in [4.69, 9.17) is 20.4 Å². The van der Waals surface area contributed by atoms with Crippen molar-refractivity contribution in [2.24, 2.45) is 0 Å². The van der Waals surface area contributed by atoms with Crippen LogP contribution in [0.1, 0.15) is 67.1 Å². The van der Waals surface area contributed by atoms with Crippen LogP contribution in [0.3, 0.4) is 0 Å². The smallest absolute Gasteiger partial charge is 0.335 e. The molecule has 0 aliphatic carbocycles. The standard InChI is InChI=1S/C24H26N4O10/c29-19(30)13-7-14(20(31)32)10-17(9-13)27-23(37)25-5-3-1-2-4-6-26-24(38)28-18-11-15(21(33)34)8-16(12-18)22(35)36/h7-12H,1-6H2,(H,29,30)(H,31,32)(H,33,34)(H,35,36)(H2,25,27,37)(H2,26,28,38). The number of hydrogen-bond donors (Lipinski definition) is 8. The summed E-state index contributed by atoms with van der Waals surface area (Å²) >= 11 is 0. The average Bonchev–Trinajstić information content (AvgIpc) is 2.84. The lowest BCUT2D eigenvalue weighted by Crippen LogP contribution is -2.30. The molecule has 202 valence electrons. The van der Waals surface area contributed by atoms with Crippen molar-refractivity contribution in [1.29, 1.82) is 0 Å². The highest BCUT2D eigenvalue weighted by molar-refractivity contribution is 5.99. The number of carboxylic acids is 4. The van der Waals surface area contributed by atoms with Crippen molar-refractivity contribution in [3.8, 4) is 0 Å². The maximum atomic E-state index is 12.0. The van der Waals surface area contributed by atoms with Crippen LogP contribution < -0.4 is 21.3 Å². The van der Waals surface area contributed by atoms with E-state index in [9.17, 15) is 28.8 Å². The number of carboxylic acid groups (broad SMARTS) is 4.